The minimum Gasteiger partial charge on any atom is -0.493 e. The van der Waals surface area contributed by atoms with Crippen molar-refractivity contribution >= 4 is 16.9 Å². The minimum atomic E-state index is 0.206. The number of aryl methyl sites for hydroxylation is 2. The van der Waals surface area contributed by atoms with E-state index in [2.05, 4.69) is 52.3 Å². The molecule has 5 nitrogen and oxygen atoms in total. The zero-order valence-electron chi connectivity index (χ0n) is 14.1. The first-order chi connectivity index (χ1) is 11.8. The molecule has 3 aromatic rings. The van der Waals surface area contributed by atoms with Crippen LogP contribution in [0.1, 0.15) is 43.0 Å². The monoisotopic (exact) mass is 322 g/mol. The van der Waals surface area contributed by atoms with Crippen LogP contribution < -0.4 is 10.1 Å². The average molecular weight is 322 g/mol. The van der Waals surface area contributed by atoms with Gasteiger partial charge in [0.2, 0.25) is 0 Å². The molecule has 1 aliphatic heterocycles. The second-order valence-electron chi connectivity index (χ2n) is 6.14. The Morgan fingerprint density at radius 2 is 2.08 bits per heavy atom. The number of hydrogen-bond donors (Lipinski definition) is 2. The Hall–Kier alpha value is -2.56. The molecule has 2 N–H and O–H groups in total. The summed E-state index contributed by atoms with van der Waals surface area (Å²) in [6, 6.07) is 6.62. The Morgan fingerprint density at radius 3 is 2.92 bits per heavy atom. The Kier molecular flexibility index (Phi) is 3.84. The van der Waals surface area contributed by atoms with Crippen LogP contribution in [0.2, 0.25) is 0 Å². The summed E-state index contributed by atoms with van der Waals surface area (Å²) in [5.41, 5.74) is 4.62. The van der Waals surface area contributed by atoms with Gasteiger partial charge in [-0.2, -0.15) is 0 Å². The van der Waals surface area contributed by atoms with Gasteiger partial charge in [0, 0.05) is 18.2 Å². The van der Waals surface area contributed by atoms with Gasteiger partial charge in [-0.1, -0.05) is 32.0 Å². The van der Waals surface area contributed by atoms with Crippen LogP contribution in [0.3, 0.4) is 0 Å². The lowest BCUT2D eigenvalue weighted by Crippen LogP contribution is -2.22. The van der Waals surface area contributed by atoms with Crippen LogP contribution in [-0.4, -0.2) is 21.6 Å². The van der Waals surface area contributed by atoms with Crippen LogP contribution in [0.15, 0.2) is 30.7 Å². The average Bonchev–Trinajstić information content (AvgIpc) is 3.06. The molecule has 0 bridgehead atoms. The van der Waals surface area contributed by atoms with Crippen molar-refractivity contribution in [1.29, 1.82) is 0 Å². The standard InChI is InChI=1S/C19H22N4O/c1-3-12-6-5-7-14-15(8-9-24-17(12)14)23-19-16-13(4-2)10-20-18(16)21-11-22-19/h5-7,10-11,15H,3-4,8-9H2,1-2H3,(H2,20,21,22,23). The number of para-hydroxylation sites is 1. The number of nitrogens with one attached hydrogen (secondary N) is 2. The Morgan fingerprint density at radius 1 is 1.21 bits per heavy atom. The number of benzene rings is 1. The highest BCUT2D eigenvalue weighted by Crippen LogP contribution is 2.38. The molecule has 0 saturated heterocycles. The summed E-state index contributed by atoms with van der Waals surface area (Å²) in [5.74, 6) is 1.94. The van der Waals surface area contributed by atoms with Crippen molar-refractivity contribution in [2.24, 2.45) is 0 Å². The van der Waals surface area contributed by atoms with Crippen molar-refractivity contribution in [3.8, 4) is 5.75 Å². The summed E-state index contributed by atoms with van der Waals surface area (Å²) in [6.45, 7) is 5.04. The summed E-state index contributed by atoms with van der Waals surface area (Å²) >= 11 is 0. The van der Waals surface area contributed by atoms with Gasteiger partial charge in [-0.05, 0) is 24.0 Å². The van der Waals surface area contributed by atoms with Crippen LogP contribution in [0.5, 0.6) is 5.75 Å². The second-order valence-corrected chi connectivity index (χ2v) is 6.14. The van der Waals surface area contributed by atoms with E-state index in [1.807, 2.05) is 6.20 Å². The van der Waals surface area contributed by atoms with E-state index in [1.165, 1.54) is 16.7 Å². The van der Waals surface area contributed by atoms with E-state index < -0.39 is 0 Å². The highest BCUT2D eigenvalue weighted by Gasteiger charge is 2.24. The number of H-pyrrole nitrogens is 1. The van der Waals surface area contributed by atoms with Crippen molar-refractivity contribution in [2.75, 3.05) is 11.9 Å². The lowest BCUT2D eigenvalue weighted by atomic mass is 9.96. The van der Waals surface area contributed by atoms with Gasteiger partial charge in [0.05, 0.1) is 18.0 Å². The van der Waals surface area contributed by atoms with Crippen LogP contribution in [0.25, 0.3) is 11.0 Å². The predicted octanol–water partition coefficient (Wildman–Crippen LogP) is 4.02. The molecule has 24 heavy (non-hydrogen) atoms. The van der Waals surface area contributed by atoms with Crippen LogP contribution in [0, 0.1) is 0 Å². The van der Waals surface area contributed by atoms with E-state index in [9.17, 15) is 0 Å². The molecule has 0 amide bonds. The van der Waals surface area contributed by atoms with Crippen molar-refractivity contribution in [3.63, 3.8) is 0 Å². The lowest BCUT2D eigenvalue weighted by Gasteiger charge is -2.28. The maximum atomic E-state index is 5.95. The third-order valence-corrected chi connectivity index (χ3v) is 4.78. The molecule has 5 heteroatoms. The Bertz CT molecular complexity index is 871. The molecular formula is C19H22N4O. The molecule has 0 saturated carbocycles. The van der Waals surface area contributed by atoms with Gasteiger partial charge in [-0.3, -0.25) is 0 Å². The highest BCUT2D eigenvalue weighted by atomic mass is 16.5. The van der Waals surface area contributed by atoms with Gasteiger partial charge < -0.3 is 15.0 Å². The third-order valence-electron chi connectivity index (χ3n) is 4.78. The number of aromatic amines is 1. The summed E-state index contributed by atoms with van der Waals surface area (Å²) in [4.78, 5) is 12.1. The van der Waals surface area contributed by atoms with E-state index >= 15 is 0 Å². The van der Waals surface area contributed by atoms with Gasteiger partial charge in [0.1, 0.15) is 23.5 Å². The van der Waals surface area contributed by atoms with E-state index in [4.69, 9.17) is 4.74 Å². The number of fused-ring (bicyclic) bond motifs is 2. The summed E-state index contributed by atoms with van der Waals surface area (Å²) in [7, 11) is 0. The number of rotatable bonds is 4. The Balaban J connectivity index is 1.74. The molecule has 0 aliphatic carbocycles. The first-order valence-electron chi connectivity index (χ1n) is 8.63. The summed E-state index contributed by atoms with van der Waals surface area (Å²) < 4.78 is 5.95. The van der Waals surface area contributed by atoms with Gasteiger partial charge in [-0.15, -0.1) is 0 Å². The molecule has 2 aromatic heterocycles. The molecule has 124 valence electrons. The Labute approximate surface area is 141 Å². The van der Waals surface area contributed by atoms with Gasteiger partial charge >= 0.3 is 0 Å². The molecule has 1 unspecified atom stereocenters. The highest BCUT2D eigenvalue weighted by molar-refractivity contribution is 5.90. The van der Waals surface area contributed by atoms with Gasteiger partial charge in [0.25, 0.3) is 0 Å². The SMILES string of the molecule is CCc1cccc2c1OCCC2Nc1ncnc2[nH]cc(CC)c12. The van der Waals surface area contributed by atoms with Gasteiger partial charge in [0.15, 0.2) is 0 Å². The molecule has 1 aliphatic rings. The quantitative estimate of drug-likeness (QED) is 0.761. The maximum Gasteiger partial charge on any atom is 0.143 e. The number of nitrogens with zero attached hydrogens (tertiary/aromatic N) is 2. The normalized spacial score (nSPS) is 16.7. The zero-order valence-corrected chi connectivity index (χ0v) is 14.1. The largest absolute Gasteiger partial charge is 0.493 e. The fraction of sp³-hybridized carbons (Fsp3) is 0.368. The number of anilines is 1. The predicted molar refractivity (Wildman–Crippen MR) is 95.6 cm³/mol. The maximum absolute atomic E-state index is 5.95. The summed E-state index contributed by atoms with van der Waals surface area (Å²) in [6.07, 6.45) is 6.50. The molecule has 0 radical (unpaired) electrons. The molecule has 4 rings (SSSR count). The van der Waals surface area contributed by atoms with Crippen LogP contribution in [-0.2, 0) is 12.8 Å². The molecule has 1 aromatic carbocycles. The van der Waals surface area contributed by atoms with E-state index in [0.29, 0.717) is 0 Å². The van der Waals surface area contributed by atoms with E-state index in [0.717, 1.165) is 48.5 Å². The zero-order chi connectivity index (χ0) is 16.5. The second kappa shape index (κ2) is 6.15. The third kappa shape index (κ3) is 2.40. The fourth-order valence-electron chi connectivity index (χ4n) is 3.50. The smallest absolute Gasteiger partial charge is 0.143 e. The van der Waals surface area contributed by atoms with E-state index in [-0.39, 0.29) is 6.04 Å². The number of aromatic nitrogens is 3. The lowest BCUT2D eigenvalue weighted by molar-refractivity contribution is 0.271. The van der Waals surface area contributed by atoms with Crippen molar-refractivity contribution in [2.45, 2.75) is 39.2 Å². The van der Waals surface area contributed by atoms with Crippen LogP contribution in [0.4, 0.5) is 5.82 Å². The van der Waals surface area contributed by atoms with Crippen molar-refractivity contribution < 1.29 is 4.74 Å². The van der Waals surface area contributed by atoms with Gasteiger partial charge in [-0.25, -0.2) is 9.97 Å². The minimum absolute atomic E-state index is 0.206. The first-order valence-corrected chi connectivity index (χ1v) is 8.63. The molecule has 0 spiro atoms. The van der Waals surface area contributed by atoms with Crippen LogP contribution >= 0.6 is 0 Å². The first kappa shape index (κ1) is 15.0. The van der Waals surface area contributed by atoms with E-state index in [1.54, 1.807) is 6.33 Å². The number of ether oxygens (including phenoxy) is 1. The molecule has 1 atom stereocenters. The molecule has 0 fully saturated rings. The van der Waals surface area contributed by atoms with Crippen molar-refractivity contribution in [1.82, 2.24) is 15.0 Å². The fourth-order valence-corrected chi connectivity index (χ4v) is 3.50. The molecule has 3 heterocycles. The molecular weight excluding hydrogens is 300 g/mol. The topological polar surface area (TPSA) is 62.8 Å². The van der Waals surface area contributed by atoms with Crippen molar-refractivity contribution in [3.05, 3.63) is 47.4 Å². The summed E-state index contributed by atoms with van der Waals surface area (Å²) in [5, 5.41) is 4.74. The number of hydrogen-bond acceptors (Lipinski definition) is 4.